The number of aryl methyl sites for hydroxylation is 1. The van der Waals surface area contributed by atoms with Gasteiger partial charge in [0.2, 0.25) is 5.88 Å². The smallest absolute Gasteiger partial charge is 0.268 e. The lowest BCUT2D eigenvalue weighted by Crippen LogP contribution is -2.11. The molecule has 0 spiro atoms. The van der Waals surface area contributed by atoms with Crippen molar-refractivity contribution in [3.05, 3.63) is 54.4 Å². The highest BCUT2D eigenvalue weighted by Gasteiger charge is 2.20. The molecule has 0 saturated carbocycles. The summed E-state index contributed by atoms with van der Waals surface area (Å²) in [6.07, 6.45) is 3.05. The molecule has 0 N–H and O–H groups in total. The first kappa shape index (κ1) is 13.6. The molecule has 0 aliphatic carbocycles. The Morgan fingerprint density at radius 3 is 2.71 bits per heavy atom. The summed E-state index contributed by atoms with van der Waals surface area (Å²) >= 11 is 0. The van der Waals surface area contributed by atoms with Gasteiger partial charge in [0.15, 0.2) is 0 Å². The van der Waals surface area contributed by atoms with E-state index in [1.165, 1.54) is 23.5 Å². The minimum absolute atomic E-state index is 0.260. The Kier molecular flexibility index (Phi) is 3.17. The highest BCUT2D eigenvalue weighted by molar-refractivity contribution is 7.90. The molecule has 21 heavy (non-hydrogen) atoms. The monoisotopic (exact) mass is 302 g/mol. The van der Waals surface area contributed by atoms with E-state index in [2.05, 4.69) is 4.98 Å². The van der Waals surface area contributed by atoms with Gasteiger partial charge in [-0.05, 0) is 36.8 Å². The van der Waals surface area contributed by atoms with Crippen LogP contribution in [0.5, 0.6) is 5.88 Å². The summed E-state index contributed by atoms with van der Waals surface area (Å²) in [7, 11) is -2.13. The standard InChI is InChI=1S/C15H14N2O3S/c1-11-4-3-5-12(10-11)21(18,19)17-9-7-13-14(17)6-8-16-15(13)20-2/h3-10H,1-2H3. The quantitative estimate of drug-likeness (QED) is 0.746. The molecule has 2 aromatic heterocycles. The number of hydrogen-bond acceptors (Lipinski definition) is 4. The summed E-state index contributed by atoms with van der Waals surface area (Å²) in [5, 5.41) is 0.663. The third kappa shape index (κ3) is 2.17. The predicted molar refractivity (Wildman–Crippen MR) is 80.0 cm³/mol. The van der Waals surface area contributed by atoms with E-state index in [-0.39, 0.29) is 4.90 Å². The molecule has 0 atom stereocenters. The van der Waals surface area contributed by atoms with Crippen molar-refractivity contribution in [2.45, 2.75) is 11.8 Å². The van der Waals surface area contributed by atoms with Gasteiger partial charge in [0.25, 0.3) is 10.0 Å². The zero-order valence-corrected chi connectivity index (χ0v) is 12.5. The Balaban J connectivity index is 2.25. The fraction of sp³-hybridized carbons (Fsp3) is 0.133. The molecular weight excluding hydrogens is 288 g/mol. The Bertz CT molecular complexity index is 914. The zero-order chi connectivity index (χ0) is 15.0. The molecule has 1 aromatic carbocycles. The van der Waals surface area contributed by atoms with Crippen molar-refractivity contribution in [2.75, 3.05) is 7.11 Å². The number of nitrogens with zero attached hydrogens (tertiary/aromatic N) is 2. The molecule has 3 rings (SSSR count). The number of pyridine rings is 1. The normalized spacial score (nSPS) is 11.7. The Labute approximate surface area is 122 Å². The highest BCUT2D eigenvalue weighted by Crippen LogP contribution is 2.27. The highest BCUT2D eigenvalue weighted by atomic mass is 32.2. The van der Waals surface area contributed by atoms with Crippen LogP contribution in [0.3, 0.4) is 0 Å². The second-order valence-electron chi connectivity index (χ2n) is 4.69. The minimum Gasteiger partial charge on any atom is -0.481 e. The van der Waals surface area contributed by atoms with E-state index < -0.39 is 10.0 Å². The van der Waals surface area contributed by atoms with Gasteiger partial charge >= 0.3 is 0 Å². The maximum atomic E-state index is 12.8. The van der Waals surface area contributed by atoms with Gasteiger partial charge < -0.3 is 4.74 Å². The lowest BCUT2D eigenvalue weighted by Gasteiger charge is -2.08. The van der Waals surface area contributed by atoms with Gasteiger partial charge in [0.1, 0.15) is 0 Å². The van der Waals surface area contributed by atoms with E-state index in [0.29, 0.717) is 16.8 Å². The predicted octanol–water partition coefficient (Wildman–Crippen LogP) is 2.59. The molecule has 5 nitrogen and oxygen atoms in total. The lowest BCUT2D eigenvalue weighted by atomic mass is 10.2. The fourth-order valence-electron chi connectivity index (χ4n) is 2.28. The minimum atomic E-state index is -3.64. The van der Waals surface area contributed by atoms with Crippen molar-refractivity contribution in [1.29, 1.82) is 0 Å². The van der Waals surface area contributed by atoms with Crippen LogP contribution < -0.4 is 4.74 Å². The zero-order valence-electron chi connectivity index (χ0n) is 11.6. The maximum absolute atomic E-state index is 12.8. The molecule has 0 unspecified atom stereocenters. The van der Waals surface area contributed by atoms with Crippen molar-refractivity contribution in [1.82, 2.24) is 8.96 Å². The fourth-order valence-corrected chi connectivity index (χ4v) is 3.73. The number of rotatable bonds is 3. The van der Waals surface area contributed by atoms with Crippen LogP contribution in [0.25, 0.3) is 10.9 Å². The molecule has 0 amide bonds. The van der Waals surface area contributed by atoms with Crippen molar-refractivity contribution in [2.24, 2.45) is 0 Å². The molecular formula is C15H14N2O3S. The third-order valence-corrected chi connectivity index (χ3v) is 4.97. The van der Waals surface area contributed by atoms with Crippen molar-refractivity contribution in [3.63, 3.8) is 0 Å². The van der Waals surface area contributed by atoms with Crippen LogP contribution in [0.2, 0.25) is 0 Å². The number of methoxy groups -OCH3 is 1. The first-order chi connectivity index (χ1) is 10.0. The van der Waals surface area contributed by atoms with Gasteiger partial charge in [-0.2, -0.15) is 0 Å². The topological polar surface area (TPSA) is 61.2 Å². The van der Waals surface area contributed by atoms with E-state index in [1.807, 2.05) is 13.0 Å². The van der Waals surface area contributed by atoms with E-state index in [4.69, 9.17) is 4.74 Å². The van der Waals surface area contributed by atoms with Crippen molar-refractivity contribution < 1.29 is 13.2 Å². The van der Waals surface area contributed by atoms with Crippen LogP contribution in [-0.2, 0) is 10.0 Å². The van der Waals surface area contributed by atoms with Crippen molar-refractivity contribution >= 4 is 20.9 Å². The number of fused-ring (bicyclic) bond motifs is 1. The average Bonchev–Trinajstić information content (AvgIpc) is 2.91. The van der Waals surface area contributed by atoms with Gasteiger partial charge in [-0.1, -0.05) is 12.1 Å². The van der Waals surface area contributed by atoms with Crippen LogP contribution in [-0.4, -0.2) is 24.5 Å². The van der Waals surface area contributed by atoms with Gasteiger partial charge in [-0.15, -0.1) is 0 Å². The van der Waals surface area contributed by atoms with Gasteiger partial charge in [-0.3, -0.25) is 0 Å². The molecule has 2 heterocycles. The maximum Gasteiger partial charge on any atom is 0.268 e. The molecule has 0 bridgehead atoms. The number of ether oxygens (including phenoxy) is 1. The molecule has 0 saturated heterocycles. The molecule has 6 heteroatoms. The Hall–Kier alpha value is -2.34. The molecule has 0 radical (unpaired) electrons. The molecule has 3 aromatic rings. The summed E-state index contributed by atoms with van der Waals surface area (Å²) in [4.78, 5) is 4.34. The van der Waals surface area contributed by atoms with Crippen LogP contribution in [0.1, 0.15) is 5.56 Å². The summed E-state index contributed by atoms with van der Waals surface area (Å²) in [6, 6.07) is 10.2. The first-order valence-electron chi connectivity index (χ1n) is 6.36. The second-order valence-corrected chi connectivity index (χ2v) is 6.50. The molecule has 0 aliphatic rings. The van der Waals surface area contributed by atoms with E-state index in [1.54, 1.807) is 30.3 Å². The Morgan fingerprint density at radius 1 is 1.19 bits per heavy atom. The van der Waals surface area contributed by atoms with Crippen LogP contribution in [0.4, 0.5) is 0 Å². The summed E-state index contributed by atoms with van der Waals surface area (Å²) in [5.41, 5.74) is 1.44. The molecule has 108 valence electrons. The number of benzene rings is 1. The summed E-state index contributed by atoms with van der Waals surface area (Å²) in [5.74, 6) is 0.408. The molecule has 0 aliphatic heterocycles. The number of hydrogen-bond donors (Lipinski definition) is 0. The second kappa shape index (κ2) is 4.89. The SMILES string of the molecule is COc1nccc2c1ccn2S(=O)(=O)c1cccc(C)c1. The summed E-state index contributed by atoms with van der Waals surface area (Å²) < 4.78 is 31.9. The number of aromatic nitrogens is 2. The van der Waals surface area contributed by atoms with Crippen LogP contribution >= 0.6 is 0 Å². The van der Waals surface area contributed by atoms with Gasteiger partial charge in [0, 0.05) is 12.4 Å². The molecule has 0 fully saturated rings. The van der Waals surface area contributed by atoms with Gasteiger partial charge in [0.05, 0.1) is 22.9 Å². The third-order valence-electron chi connectivity index (χ3n) is 3.28. The summed E-state index contributed by atoms with van der Waals surface area (Å²) in [6.45, 7) is 1.86. The average molecular weight is 302 g/mol. The first-order valence-corrected chi connectivity index (χ1v) is 7.80. The van der Waals surface area contributed by atoms with E-state index in [0.717, 1.165) is 5.56 Å². The van der Waals surface area contributed by atoms with Crippen LogP contribution in [0.15, 0.2) is 53.7 Å². The Morgan fingerprint density at radius 2 is 2.00 bits per heavy atom. The van der Waals surface area contributed by atoms with Gasteiger partial charge in [-0.25, -0.2) is 17.4 Å². The van der Waals surface area contributed by atoms with E-state index >= 15 is 0 Å². The van der Waals surface area contributed by atoms with Crippen molar-refractivity contribution in [3.8, 4) is 5.88 Å². The largest absolute Gasteiger partial charge is 0.481 e. The van der Waals surface area contributed by atoms with E-state index in [9.17, 15) is 8.42 Å². The van der Waals surface area contributed by atoms with Crippen LogP contribution in [0, 0.1) is 6.92 Å². The lowest BCUT2D eigenvalue weighted by molar-refractivity contribution is 0.403.